The smallest absolute Gasteiger partial charge is 0.252 e. The summed E-state index contributed by atoms with van der Waals surface area (Å²) >= 11 is 1.12. The standard InChI is InChI=1S/C11H14N4O3S2/c1-15(20(17,18)11-3-2-4-19-11)7-10(16)13-6-9-5-12-8-14-9/h2-5,8H,6-7H2,1H3,(H,12,14)(H,13,16). The summed E-state index contributed by atoms with van der Waals surface area (Å²) in [4.78, 5) is 18.4. The number of carbonyl (C=O) groups is 1. The first-order chi connectivity index (χ1) is 9.50. The van der Waals surface area contributed by atoms with Crippen LogP contribution in [0.2, 0.25) is 0 Å². The van der Waals surface area contributed by atoms with Crippen LogP contribution in [0.1, 0.15) is 5.69 Å². The van der Waals surface area contributed by atoms with Crippen LogP contribution in [0.4, 0.5) is 0 Å². The lowest BCUT2D eigenvalue weighted by atomic mass is 10.4. The van der Waals surface area contributed by atoms with Gasteiger partial charge in [-0.25, -0.2) is 13.4 Å². The highest BCUT2D eigenvalue weighted by atomic mass is 32.2. The van der Waals surface area contributed by atoms with E-state index in [1.165, 1.54) is 19.4 Å². The highest BCUT2D eigenvalue weighted by Gasteiger charge is 2.23. The van der Waals surface area contributed by atoms with Gasteiger partial charge in [0.15, 0.2) is 0 Å². The molecule has 0 spiro atoms. The maximum absolute atomic E-state index is 12.1. The Hall–Kier alpha value is -1.71. The maximum Gasteiger partial charge on any atom is 0.252 e. The van der Waals surface area contributed by atoms with E-state index in [2.05, 4.69) is 15.3 Å². The summed E-state index contributed by atoms with van der Waals surface area (Å²) in [5.41, 5.74) is 0.752. The molecule has 2 aromatic rings. The van der Waals surface area contributed by atoms with Crippen LogP contribution in [0, 0.1) is 0 Å². The van der Waals surface area contributed by atoms with Crippen molar-refractivity contribution in [2.45, 2.75) is 10.8 Å². The van der Waals surface area contributed by atoms with Gasteiger partial charge in [0.1, 0.15) is 4.21 Å². The number of hydrogen-bond acceptors (Lipinski definition) is 5. The van der Waals surface area contributed by atoms with Gasteiger partial charge in [0.2, 0.25) is 5.91 Å². The molecule has 2 rings (SSSR count). The van der Waals surface area contributed by atoms with Crippen molar-refractivity contribution in [2.75, 3.05) is 13.6 Å². The molecule has 0 bridgehead atoms. The van der Waals surface area contributed by atoms with Gasteiger partial charge in [0, 0.05) is 13.2 Å². The largest absolute Gasteiger partial charge is 0.349 e. The zero-order chi connectivity index (χ0) is 14.6. The monoisotopic (exact) mass is 314 g/mol. The molecule has 9 heteroatoms. The van der Waals surface area contributed by atoms with Gasteiger partial charge in [-0.1, -0.05) is 6.07 Å². The first-order valence-electron chi connectivity index (χ1n) is 5.74. The second-order valence-electron chi connectivity index (χ2n) is 4.05. The molecule has 7 nitrogen and oxygen atoms in total. The van der Waals surface area contributed by atoms with Crippen molar-refractivity contribution in [3.05, 3.63) is 35.7 Å². The fourth-order valence-corrected chi connectivity index (χ4v) is 3.81. The lowest BCUT2D eigenvalue weighted by Gasteiger charge is -2.15. The van der Waals surface area contributed by atoms with Crippen LogP contribution in [-0.4, -0.2) is 42.2 Å². The summed E-state index contributed by atoms with van der Waals surface area (Å²) in [5, 5.41) is 4.30. The topological polar surface area (TPSA) is 95.2 Å². The molecule has 1 amide bonds. The van der Waals surface area contributed by atoms with E-state index in [4.69, 9.17) is 0 Å². The summed E-state index contributed by atoms with van der Waals surface area (Å²) < 4.78 is 25.5. The van der Waals surface area contributed by atoms with Gasteiger partial charge in [-0.3, -0.25) is 4.79 Å². The summed E-state index contributed by atoms with van der Waals surface area (Å²) in [6, 6.07) is 3.17. The van der Waals surface area contributed by atoms with E-state index < -0.39 is 10.0 Å². The average Bonchev–Trinajstić information content (AvgIpc) is 3.09. The predicted molar refractivity (Wildman–Crippen MR) is 74.6 cm³/mol. The number of H-pyrrole nitrogens is 1. The molecule has 0 aliphatic carbocycles. The van der Waals surface area contributed by atoms with Crippen molar-refractivity contribution in [1.29, 1.82) is 0 Å². The maximum atomic E-state index is 12.1. The first-order valence-corrected chi connectivity index (χ1v) is 8.06. The van der Waals surface area contributed by atoms with E-state index >= 15 is 0 Å². The Morgan fingerprint density at radius 1 is 1.55 bits per heavy atom. The van der Waals surface area contributed by atoms with Crippen molar-refractivity contribution in [3.8, 4) is 0 Å². The Bertz CT molecular complexity index is 650. The van der Waals surface area contributed by atoms with Crippen molar-refractivity contribution in [2.24, 2.45) is 0 Å². The van der Waals surface area contributed by atoms with Gasteiger partial charge in [-0.15, -0.1) is 11.3 Å². The summed E-state index contributed by atoms with van der Waals surface area (Å²) in [7, 11) is -2.21. The Morgan fingerprint density at radius 3 is 2.95 bits per heavy atom. The summed E-state index contributed by atoms with van der Waals surface area (Å²) in [5.74, 6) is -0.373. The van der Waals surface area contributed by atoms with Crippen LogP contribution in [0.5, 0.6) is 0 Å². The molecule has 0 unspecified atom stereocenters. The molecule has 0 saturated heterocycles. The molecule has 0 aliphatic heterocycles. The molecule has 108 valence electrons. The van der Waals surface area contributed by atoms with Crippen LogP contribution < -0.4 is 5.32 Å². The molecule has 0 fully saturated rings. The van der Waals surface area contributed by atoms with Gasteiger partial charge < -0.3 is 10.3 Å². The van der Waals surface area contributed by atoms with Crippen molar-refractivity contribution >= 4 is 27.3 Å². The van der Waals surface area contributed by atoms with Crippen LogP contribution in [0.15, 0.2) is 34.2 Å². The second kappa shape index (κ2) is 6.16. The minimum Gasteiger partial charge on any atom is -0.349 e. The fraction of sp³-hybridized carbons (Fsp3) is 0.273. The molecule has 2 aromatic heterocycles. The molecule has 0 atom stereocenters. The number of amides is 1. The van der Waals surface area contributed by atoms with Crippen LogP contribution >= 0.6 is 11.3 Å². The van der Waals surface area contributed by atoms with Gasteiger partial charge in [0.05, 0.1) is 25.1 Å². The Balaban J connectivity index is 1.91. The minimum atomic E-state index is -3.59. The summed E-state index contributed by atoms with van der Waals surface area (Å²) in [6.45, 7) is 0.0556. The molecule has 2 N–H and O–H groups in total. The average molecular weight is 314 g/mol. The molecular formula is C11H14N4O3S2. The normalized spacial score (nSPS) is 11.7. The number of likely N-dealkylation sites (N-methyl/N-ethyl adjacent to an activating group) is 1. The number of aromatic nitrogens is 2. The van der Waals surface area contributed by atoms with E-state index in [0.717, 1.165) is 21.3 Å². The third-order valence-corrected chi connectivity index (χ3v) is 5.73. The fourth-order valence-electron chi connectivity index (χ4n) is 1.48. The number of nitrogens with zero attached hydrogens (tertiary/aromatic N) is 2. The van der Waals surface area contributed by atoms with Gasteiger partial charge in [-0.05, 0) is 11.4 Å². The van der Waals surface area contributed by atoms with Gasteiger partial charge >= 0.3 is 0 Å². The lowest BCUT2D eigenvalue weighted by Crippen LogP contribution is -2.37. The number of sulfonamides is 1. The molecule has 0 aliphatic rings. The lowest BCUT2D eigenvalue weighted by molar-refractivity contribution is -0.121. The first kappa shape index (κ1) is 14.7. The SMILES string of the molecule is CN(CC(=O)NCc1cnc[nH]1)S(=O)(=O)c1cccs1. The Kier molecular flexibility index (Phi) is 4.53. The van der Waals surface area contributed by atoms with E-state index in [1.807, 2.05) is 0 Å². The van der Waals surface area contributed by atoms with Crippen molar-refractivity contribution < 1.29 is 13.2 Å². The Labute approximate surface area is 120 Å². The van der Waals surface area contributed by atoms with E-state index in [-0.39, 0.29) is 23.2 Å². The van der Waals surface area contributed by atoms with Crippen molar-refractivity contribution in [3.63, 3.8) is 0 Å². The number of nitrogens with one attached hydrogen (secondary N) is 2. The number of aromatic amines is 1. The highest BCUT2D eigenvalue weighted by Crippen LogP contribution is 2.19. The van der Waals surface area contributed by atoms with Crippen LogP contribution in [0.3, 0.4) is 0 Å². The van der Waals surface area contributed by atoms with Crippen LogP contribution in [-0.2, 0) is 21.4 Å². The molecule has 0 saturated carbocycles. The minimum absolute atomic E-state index is 0.223. The number of thiophene rings is 1. The van der Waals surface area contributed by atoms with E-state index in [1.54, 1.807) is 17.6 Å². The zero-order valence-electron chi connectivity index (χ0n) is 10.7. The molecule has 0 radical (unpaired) electrons. The number of imidazole rings is 1. The summed E-state index contributed by atoms with van der Waals surface area (Å²) in [6.07, 6.45) is 3.10. The number of hydrogen-bond donors (Lipinski definition) is 2. The third kappa shape index (κ3) is 3.44. The van der Waals surface area contributed by atoms with Gasteiger partial charge in [0.25, 0.3) is 10.0 Å². The van der Waals surface area contributed by atoms with Gasteiger partial charge in [-0.2, -0.15) is 4.31 Å². The quantitative estimate of drug-likeness (QED) is 0.807. The van der Waals surface area contributed by atoms with Crippen LogP contribution in [0.25, 0.3) is 0 Å². The molecule has 0 aromatic carbocycles. The zero-order valence-corrected chi connectivity index (χ0v) is 12.4. The number of rotatable bonds is 6. The number of carbonyl (C=O) groups excluding carboxylic acids is 1. The predicted octanol–water partition coefficient (Wildman–Crippen LogP) is 0.408. The van der Waals surface area contributed by atoms with E-state index in [0.29, 0.717) is 0 Å². The molecule has 2 heterocycles. The highest BCUT2D eigenvalue weighted by molar-refractivity contribution is 7.91. The Morgan fingerprint density at radius 2 is 2.35 bits per heavy atom. The molecular weight excluding hydrogens is 300 g/mol. The van der Waals surface area contributed by atoms with Crippen molar-refractivity contribution in [1.82, 2.24) is 19.6 Å². The molecule has 20 heavy (non-hydrogen) atoms. The second-order valence-corrected chi connectivity index (χ2v) is 7.27. The third-order valence-electron chi connectivity index (χ3n) is 2.56. The van der Waals surface area contributed by atoms with E-state index in [9.17, 15) is 13.2 Å².